The van der Waals surface area contributed by atoms with Crippen molar-refractivity contribution in [3.05, 3.63) is 71.2 Å². The highest BCUT2D eigenvalue weighted by atomic mass is 19.4. The molecule has 0 saturated carbocycles. The molecule has 36 heavy (non-hydrogen) atoms. The lowest BCUT2D eigenvalue weighted by Gasteiger charge is -2.36. The van der Waals surface area contributed by atoms with Crippen LogP contribution in [0, 0.1) is 6.92 Å². The molecular weight excluding hydrogens is 477 g/mol. The van der Waals surface area contributed by atoms with Crippen molar-refractivity contribution in [2.75, 3.05) is 18.4 Å². The number of halogens is 3. The Labute approximate surface area is 202 Å². The second kappa shape index (κ2) is 8.48. The van der Waals surface area contributed by atoms with Crippen LogP contribution in [0.2, 0.25) is 0 Å². The van der Waals surface area contributed by atoms with Crippen LogP contribution in [0.25, 0.3) is 17.0 Å². The molecule has 1 aliphatic heterocycles. The number of nitrogens with zero attached hydrogens (tertiary/aromatic N) is 5. The van der Waals surface area contributed by atoms with E-state index in [2.05, 4.69) is 15.4 Å². The summed E-state index contributed by atoms with van der Waals surface area (Å²) in [5, 5.41) is 16.0. The largest absolute Gasteiger partial charge is 0.420 e. The highest BCUT2D eigenvalue weighted by Crippen LogP contribution is 2.39. The lowest BCUT2D eigenvalue weighted by Crippen LogP contribution is -2.53. The second-order valence-electron chi connectivity index (χ2n) is 8.61. The third-order valence-corrected chi connectivity index (χ3v) is 6.08. The summed E-state index contributed by atoms with van der Waals surface area (Å²) in [4.78, 5) is 31.2. The number of anilines is 1. The first-order chi connectivity index (χ1) is 17.0. The lowest BCUT2D eigenvalue weighted by atomic mass is 10.0. The lowest BCUT2D eigenvalue weighted by molar-refractivity contribution is -0.137. The zero-order valence-corrected chi connectivity index (χ0v) is 19.2. The highest BCUT2D eigenvalue weighted by Gasteiger charge is 2.42. The number of amides is 2. The molecule has 5 rings (SSSR count). The molecule has 4 heterocycles. The minimum absolute atomic E-state index is 0.141. The van der Waals surface area contributed by atoms with Crippen molar-refractivity contribution in [1.82, 2.24) is 24.1 Å². The van der Waals surface area contributed by atoms with Crippen molar-refractivity contribution >= 4 is 23.1 Å². The van der Waals surface area contributed by atoms with Gasteiger partial charge in [0.15, 0.2) is 0 Å². The number of aryl methyl sites for hydroxylation is 2. The van der Waals surface area contributed by atoms with E-state index in [4.69, 9.17) is 0 Å². The number of alkyl halides is 3. The summed E-state index contributed by atoms with van der Waals surface area (Å²) in [5.41, 5.74) is -0.486. The van der Waals surface area contributed by atoms with Crippen LogP contribution in [-0.2, 0) is 13.2 Å². The summed E-state index contributed by atoms with van der Waals surface area (Å²) < 4.78 is 45.2. The summed E-state index contributed by atoms with van der Waals surface area (Å²) in [6.45, 7) is 2.15. The molecule has 3 aromatic heterocycles. The molecule has 0 atom stereocenters. The molecule has 0 bridgehead atoms. The molecule has 0 unspecified atom stereocenters. The number of carbonyl (C=O) groups excluding carboxylic acids is 2. The monoisotopic (exact) mass is 498 g/mol. The zero-order valence-electron chi connectivity index (χ0n) is 19.2. The number of aliphatic hydroxyl groups is 1. The van der Waals surface area contributed by atoms with Gasteiger partial charge in [0.2, 0.25) is 0 Å². The van der Waals surface area contributed by atoms with Crippen LogP contribution < -0.4 is 5.32 Å². The van der Waals surface area contributed by atoms with Crippen molar-refractivity contribution < 1.29 is 27.9 Å². The number of aromatic nitrogens is 4. The average molecular weight is 498 g/mol. The van der Waals surface area contributed by atoms with E-state index in [1.165, 1.54) is 53.0 Å². The first-order valence-electron chi connectivity index (χ1n) is 11.0. The molecule has 1 aliphatic rings. The van der Waals surface area contributed by atoms with E-state index < -0.39 is 35.1 Å². The van der Waals surface area contributed by atoms with Gasteiger partial charge in [0.25, 0.3) is 11.8 Å². The summed E-state index contributed by atoms with van der Waals surface area (Å²) in [6.07, 6.45) is -2.43. The fourth-order valence-electron chi connectivity index (χ4n) is 4.34. The van der Waals surface area contributed by atoms with E-state index in [1.807, 2.05) is 0 Å². The number of nitrogens with one attached hydrogen (secondary N) is 1. The number of hydrogen-bond donors (Lipinski definition) is 2. The Kier molecular flexibility index (Phi) is 5.55. The summed E-state index contributed by atoms with van der Waals surface area (Å²) in [7, 11) is 1.27. The molecule has 12 heteroatoms. The number of likely N-dealkylation sites (tertiary alicyclic amines) is 1. The van der Waals surface area contributed by atoms with Gasteiger partial charge >= 0.3 is 6.18 Å². The van der Waals surface area contributed by atoms with Crippen molar-refractivity contribution in [3.8, 4) is 11.4 Å². The predicted molar refractivity (Wildman–Crippen MR) is 123 cm³/mol. The number of carbonyl (C=O) groups is 2. The van der Waals surface area contributed by atoms with Crippen LogP contribution >= 0.6 is 0 Å². The smallest absolute Gasteiger partial charge is 0.389 e. The Morgan fingerprint density at radius 2 is 1.92 bits per heavy atom. The van der Waals surface area contributed by atoms with Crippen molar-refractivity contribution in [2.24, 2.45) is 7.05 Å². The number of pyridine rings is 1. The average Bonchev–Trinajstić information content (AvgIpc) is 3.40. The maximum absolute atomic E-state index is 14.3. The Hall–Kier alpha value is -4.19. The highest BCUT2D eigenvalue weighted by molar-refractivity contribution is 6.05. The number of benzene rings is 1. The predicted octanol–water partition coefficient (Wildman–Crippen LogP) is 3.13. The molecule has 9 nitrogen and oxygen atoms in total. The van der Waals surface area contributed by atoms with Gasteiger partial charge in [0.05, 0.1) is 11.8 Å². The quantitative estimate of drug-likeness (QED) is 0.450. The van der Waals surface area contributed by atoms with E-state index in [9.17, 15) is 27.9 Å². The number of rotatable bonds is 4. The van der Waals surface area contributed by atoms with Crippen molar-refractivity contribution in [2.45, 2.75) is 19.2 Å². The maximum atomic E-state index is 14.3. The van der Waals surface area contributed by atoms with Gasteiger partial charge in [-0.2, -0.15) is 18.3 Å². The molecule has 4 aromatic rings. The molecule has 0 aliphatic carbocycles. The molecule has 1 fully saturated rings. The SMILES string of the molecule is Cc1cc(NC(=O)c2c(C(F)(F)F)c(-c3cccc4nccn34)nn2C)ccc1C(=O)N1CC(O)C1. The molecule has 0 spiro atoms. The number of hydrogen-bond acceptors (Lipinski definition) is 5. The summed E-state index contributed by atoms with van der Waals surface area (Å²) in [6, 6.07) is 9.15. The molecule has 0 radical (unpaired) electrons. The normalized spacial score (nSPS) is 14.2. The molecule has 2 amide bonds. The minimum atomic E-state index is -4.87. The first kappa shape index (κ1) is 23.5. The van der Waals surface area contributed by atoms with Crippen LogP contribution in [0.4, 0.5) is 18.9 Å². The molecular formula is C24H21F3N6O3. The topological polar surface area (TPSA) is 105 Å². The third-order valence-electron chi connectivity index (χ3n) is 6.08. The Bertz CT molecular complexity index is 1500. The minimum Gasteiger partial charge on any atom is -0.389 e. The summed E-state index contributed by atoms with van der Waals surface area (Å²) >= 11 is 0. The molecule has 2 N–H and O–H groups in total. The van der Waals surface area contributed by atoms with Crippen LogP contribution in [0.5, 0.6) is 0 Å². The van der Waals surface area contributed by atoms with Crippen LogP contribution in [0.15, 0.2) is 48.8 Å². The first-order valence-corrected chi connectivity index (χ1v) is 11.0. The van der Waals surface area contributed by atoms with Gasteiger partial charge in [-0.1, -0.05) is 6.07 Å². The molecule has 186 valence electrons. The van der Waals surface area contributed by atoms with Gasteiger partial charge in [-0.15, -0.1) is 0 Å². The number of β-amino-alcohol motifs (C(OH)–C–C–N with tert-alkyl or cyclic N) is 1. The van der Waals surface area contributed by atoms with Gasteiger partial charge in [-0.25, -0.2) is 4.98 Å². The third kappa shape index (κ3) is 3.98. The molecule has 1 saturated heterocycles. The van der Waals surface area contributed by atoms with Gasteiger partial charge < -0.3 is 15.3 Å². The van der Waals surface area contributed by atoms with Crippen LogP contribution in [0.1, 0.15) is 32.0 Å². The fourth-order valence-corrected chi connectivity index (χ4v) is 4.34. The van der Waals surface area contributed by atoms with Gasteiger partial charge in [0, 0.05) is 43.8 Å². The van der Waals surface area contributed by atoms with Crippen molar-refractivity contribution in [1.29, 1.82) is 0 Å². The second-order valence-corrected chi connectivity index (χ2v) is 8.61. The van der Waals surface area contributed by atoms with E-state index in [-0.39, 0.29) is 30.4 Å². The number of fused-ring (bicyclic) bond motifs is 1. The number of aliphatic hydroxyl groups excluding tert-OH is 1. The van der Waals surface area contributed by atoms with Gasteiger partial charge in [-0.05, 0) is 42.8 Å². The van der Waals surface area contributed by atoms with Crippen molar-refractivity contribution in [3.63, 3.8) is 0 Å². The molecule has 1 aromatic carbocycles. The fraction of sp³-hybridized carbons (Fsp3) is 0.250. The van der Waals surface area contributed by atoms with E-state index in [0.717, 1.165) is 4.68 Å². The van der Waals surface area contributed by atoms with Gasteiger partial charge in [0.1, 0.15) is 22.6 Å². The van der Waals surface area contributed by atoms with E-state index in [1.54, 1.807) is 19.1 Å². The Balaban J connectivity index is 1.49. The van der Waals surface area contributed by atoms with E-state index in [0.29, 0.717) is 16.8 Å². The standard InChI is InChI=1S/C24H21F3N6O3/c1-13-10-14(6-7-16(13)23(36)32-11-15(34)12-32)29-22(35)21-19(24(25,26)27)20(30-31(21)2)17-4-3-5-18-28-8-9-33(17)18/h3-10,15,34H,11-12H2,1-2H3,(H,29,35). The Morgan fingerprint density at radius 3 is 2.58 bits per heavy atom. The zero-order chi connectivity index (χ0) is 25.8. The number of imidazole rings is 1. The van der Waals surface area contributed by atoms with Gasteiger partial charge in [-0.3, -0.25) is 18.7 Å². The van der Waals surface area contributed by atoms with Crippen LogP contribution in [-0.4, -0.2) is 60.2 Å². The maximum Gasteiger partial charge on any atom is 0.420 e. The Morgan fingerprint density at radius 1 is 1.17 bits per heavy atom. The summed E-state index contributed by atoms with van der Waals surface area (Å²) in [5.74, 6) is -1.26. The van der Waals surface area contributed by atoms with Crippen LogP contribution in [0.3, 0.4) is 0 Å². The van der Waals surface area contributed by atoms with E-state index >= 15 is 0 Å².